The van der Waals surface area contributed by atoms with Crippen molar-refractivity contribution in [1.82, 2.24) is 29.8 Å². The van der Waals surface area contributed by atoms with Gasteiger partial charge in [-0.05, 0) is 144 Å². The second-order valence-electron chi connectivity index (χ2n) is 23.8. The number of piperazine rings is 2. The van der Waals surface area contributed by atoms with Gasteiger partial charge in [0.15, 0.2) is 0 Å². The molecular formula is C65H81F4N7O10. The summed E-state index contributed by atoms with van der Waals surface area (Å²) in [5.74, 6) is -5.25. The van der Waals surface area contributed by atoms with Gasteiger partial charge in [0.05, 0.1) is 12.1 Å². The number of nitrogens with one attached hydrogen (secondary N) is 1. The molecule has 0 radical (unpaired) electrons. The summed E-state index contributed by atoms with van der Waals surface area (Å²) in [6.45, 7) is 18.0. The molecular weight excluding hydrogens is 1110 g/mol. The zero-order chi connectivity index (χ0) is 63.2. The monoisotopic (exact) mass is 1200 g/mol. The Balaban J connectivity index is 0.000000300. The van der Waals surface area contributed by atoms with Gasteiger partial charge in [-0.15, -0.1) is 0 Å². The number of benzene rings is 5. The molecule has 0 saturated carbocycles. The zero-order valence-electron chi connectivity index (χ0n) is 50.4. The molecule has 0 aromatic heterocycles. The lowest BCUT2D eigenvalue weighted by Crippen LogP contribution is -2.66. The number of amides is 6. The Morgan fingerprint density at radius 1 is 0.593 bits per heavy atom. The fraction of sp³-hybridized carbons (Fsp3) is 0.446. The van der Waals surface area contributed by atoms with Crippen LogP contribution in [0.15, 0.2) is 115 Å². The van der Waals surface area contributed by atoms with E-state index >= 15 is 0 Å². The lowest BCUT2D eigenvalue weighted by atomic mass is 9.92. The minimum absolute atomic E-state index is 0.0137. The van der Waals surface area contributed by atoms with Gasteiger partial charge >= 0.3 is 12.2 Å². The molecule has 0 aliphatic carbocycles. The molecule has 0 spiro atoms. The molecule has 464 valence electrons. The molecule has 6 atom stereocenters. The van der Waals surface area contributed by atoms with Crippen molar-refractivity contribution in [3.8, 4) is 0 Å². The number of nitrogens with two attached hydrogens (primary N) is 1. The first-order valence-corrected chi connectivity index (χ1v) is 28.9. The molecule has 5 N–H and O–H groups in total. The lowest BCUT2D eigenvalue weighted by molar-refractivity contribution is -0.149. The average molecular weight is 1200 g/mol. The normalized spacial score (nSPS) is 17.0. The summed E-state index contributed by atoms with van der Waals surface area (Å²) in [5.41, 5.74) is 7.59. The number of ether oxygens (including phenoxy) is 2. The van der Waals surface area contributed by atoms with Crippen molar-refractivity contribution < 1.29 is 66.0 Å². The standard InChI is InChI=1S/C40H50F2N4O6.C25H31F2N3O4/c1-7-14-44(15-8-2)37(49)30-19-26(3)18-29(23-30)36(48)43-33(22-28-20-31(41)24-32(42)21-28)35(47)34-38(50)45(25-27-12-10-9-11-13-27)16-17-46(34)39(51)52-40(4,5)6;1-25(2,3)34-24(33)30-10-9-29(15-16-7-5-4-6-8-16)23(32)21(30)22(31)20(28)13-17-11-18(26)14-19(27)12-17/h9-13,18-21,23-24,33-35,47H,7-8,14-17,22,25H2,1-6H3,(H,43,48);4-8,11-12,14,20-22,31H,9-10,13,15,28H2,1-3H3/t33-,34-,35-;20-,21-,22-/m00/s1. The van der Waals surface area contributed by atoms with Crippen molar-refractivity contribution in [1.29, 1.82) is 0 Å². The minimum atomic E-state index is -1.76. The Morgan fingerprint density at radius 2 is 1.00 bits per heavy atom. The van der Waals surface area contributed by atoms with Gasteiger partial charge in [-0.25, -0.2) is 27.2 Å². The quantitative estimate of drug-likeness (QED) is 0.0574. The Morgan fingerprint density at radius 3 is 1.42 bits per heavy atom. The van der Waals surface area contributed by atoms with Crippen molar-refractivity contribution >= 4 is 35.8 Å². The van der Waals surface area contributed by atoms with Crippen LogP contribution in [0.4, 0.5) is 27.2 Å². The molecule has 2 saturated heterocycles. The summed E-state index contributed by atoms with van der Waals surface area (Å²) in [6.07, 6.45) is -3.72. The van der Waals surface area contributed by atoms with Gasteiger partial charge in [-0.2, -0.15) is 0 Å². The maximum Gasteiger partial charge on any atom is 0.411 e. The predicted octanol–water partition coefficient (Wildman–Crippen LogP) is 8.73. The van der Waals surface area contributed by atoms with Crippen LogP contribution in [-0.4, -0.2) is 157 Å². The topological polar surface area (TPSA) is 216 Å². The number of aliphatic hydroxyl groups is 2. The number of carbonyl (C=O) groups excluding carboxylic acids is 6. The highest BCUT2D eigenvalue weighted by molar-refractivity contribution is 6.00. The summed E-state index contributed by atoms with van der Waals surface area (Å²) < 4.78 is 67.1. The summed E-state index contributed by atoms with van der Waals surface area (Å²) in [5, 5.41) is 26.0. The van der Waals surface area contributed by atoms with Gasteiger partial charge in [0, 0.05) is 81.7 Å². The number of aliphatic hydroxyl groups excluding tert-OH is 2. The molecule has 7 rings (SSSR count). The third-order valence-corrected chi connectivity index (χ3v) is 14.2. The minimum Gasteiger partial charge on any atom is -0.444 e. The molecule has 5 aromatic rings. The van der Waals surface area contributed by atoms with Crippen LogP contribution in [-0.2, 0) is 45.0 Å². The van der Waals surface area contributed by atoms with Crippen LogP contribution in [0, 0.1) is 30.2 Å². The van der Waals surface area contributed by atoms with E-state index < -0.39 is 101 Å². The van der Waals surface area contributed by atoms with Gasteiger partial charge in [0.1, 0.15) is 52.7 Å². The van der Waals surface area contributed by atoms with E-state index in [2.05, 4.69) is 5.32 Å². The first-order chi connectivity index (χ1) is 40.5. The number of carbonyl (C=O) groups is 6. The van der Waals surface area contributed by atoms with Gasteiger partial charge in [0.2, 0.25) is 11.8 Å². The van der Waals surface area contributed by atoms with E-state index in [1.807, 2.05) is 74.5 Å². The zero-order valence-corrected chi connectivity index (χ0v) is 50.4. The molecule has 2 aliphatic heterocycles. The van der Waals surface area contributed by atoms with Crippen LogP contribution in [0.5, 0.6) is 0 Å². The first-order valence-electron chi connectivity index (χ1n) is 28.9. The molecule has 5 aromatic carbocycles. The van der Waals surface area contributed by atoms with Gasteiger partial charge in [-0.3, -0.25) is 29.0 Å². The Kier molecular flexibility index (Phi) is 23.4. The molecule has 17 nitrogen and oxygen atoms in total. The predicted molar refractivity (Wildman–Crippen MR) is 316 cm³/mol. The molecule has 2 heterocycles. The second kappa shape index (κ2) is 30.0. The lowest BCUT2D eigenvalue weighted by Gasteiger charge is -2.44. The van der Waals surface area contributed by atoms with Crippen LogP contribution in [0.3, 0.4) is 0 Å². The second-order valence-corrected chi connectivity index (χ2v) is 23.8. The molecule has 2 fully saturated rings. The highest BCUT2D eigenvalue weighted by Crippen LogP contribution is 2.27. The highest BCUT2D eigenvalue weighted by Gasteiger charge is 2.47. The van der Waals surface area contributed by atoms with Gasteiger partial charge < -0.3 is 45.4 Å². The van der Waals surface area contributed by atoms with E-state index in [1.54, 1.807) is 70.4 Å². The smallest absolute Gasteiger partial charge is 0.411 e. The number of aryl methyl sites for hydroxylation is 1. The SMILES string of the molecule is CC(C)(C)OC(=O)N1CCN(Cc2ccccc2)C(=O)[C@@H]1[C@@H](O)[C@@H](N)Cc1cc(F)cc(F)c1.CCCN(CCC)C(=O)c1cc(C)cc(C(=O)N[C@@H](Cc2cc(F)cc(F)c2)[C@H](O)[C@H]2C(=O)N(Cc3ccccc3)CCN2C(=O)OC(C)(C)C)c1. The van der Waals surface area contributed by atoms with Crippen molar-refractivity contribution in [2.75, 3.05) is 39.3 Å². The summed E-state index contributed by atoms with van der Waals surface area (Å²) >= 11 is 0. The third-order valence-electron chi connectivity index (χ3n) is 14.2. The molecule has 21 heteroatoms. The maximum absolute atomic E-state index is 14.4. The van der Waals surface area contributed by atoms with E-state index in [0.717, 1.165) is 59.2 Å². The van der Waals surface area contributed by atoms with E-state index in [9.17, 15) is 56.5 Å². The van der Waals surface area contributed by atoms with Crippen LogP contribution < -0.4 is 11.1 Å². The van der Waals surface area contributed by atoms with Crippen molar-refractivity contribution in [3.63, 3.8) is 0 Å². The average Bonchev–Trinajstić information content (AvgIpc) is 2.42. The fourth-order valence-corrected chi connectivity index (χ4v) is 10.4. The van der Waals surface area contributed by atoms with Crippen molar-refractivity contribution in [2.24, 2.45) is 5.73 Å². The van der Waals surface area contributed by atoms with E-state index in [0.29, 0.717) is 36.8 Å². The highest BCUT2D eigenvalue weighted by atomic mass is 19.1. The van der Waals surface area contributed by atoms with Crippen LogP contribution in [0.2, 0.25) is 0 Å². The molecule has 0 bridgehead atoms. The molecule has 6 amide bonds. The third kappa shape index (κ3) is 19.1. The molecule has 86 heavy (non-hydrogen) atoms. The fourth-order valence-electron chi connectivity index (χ4n) is 10.4. The maximum atomic E-state index is 14.4. The Hall–Kier alpha value is -7.88. The Bertz CT molecular complexity index is 3100. The number of nitrogens with zero attached hydrogens (tertiary/aromatic N) is 5. The summed E-state index contributed by atoms with van der Waals surface area (Å²) in [7, 11) is 0. The van der Waals surface area contributed by atoms with Crippen molar-refractivity contribution in [2.45, 2.75) is 149 Å². The number of halogens is 4. The summed E-state index contributed by atoms with van der Waals surface area (Å²) in [6, 6.07) is 23.9. The number of hydrogen-bond acceptors (Lipinski definition) is 11. The molecule has 2 aliphatic rings. The summed E-state index contributed by atoms with van der Waals surface area (Å²) in [4.78, 5) is 88.8. The largest absolute Gasteiger partial charge is 0.444 e. The van der Waals surface area contributed by atoms with E-state index in [1.165, 1.54) is 15.9 Å². The van der Waals surface area contributed by atoms with E-state index in [-0.39, 0.29) is 68.2 Å². The van der Waals surface area contributed by atoms with Crippen LogP contribution >= 0.6 is 0 Å². The van der Waals surface area contributed by atoms with Gasteiger partial charge in [0.25, 0.3) is 11.8 Å². The van der Waals surface area contributed by atoms with E-state index in [4.69, 9.17) is 15.2 Å². The first kappa shape index (κ1) is 67.2. The van der Waals surface area contributed by atoms with Crippen LogP contribution in [0.25, 0.3) is 0 Å². The Labute approximate surface area is 501 Å². The number of rotatable bonds is 19. The van der Waals surface area contributed by atoms with Gasteiger partial charge in [-0.1, -0.05) is 74.5 Å². The molecule has 0 unspecified atom stereocenters. The van der Waals surface area contributed by atoms with Crippen LogP contribution in [0.1, 0.15) is 117 Å². The number of hydrogen-bond donors (Lipinski definition) is 4. The van der Waals surface area contributed by atoms with Crippen molar-refractivity contribution in [3.05, 3.63) is 177 Å².